The Bertz CT molecular complexity index is 610. The highest BCUT2D eigenvalue weighted by molar-refractivity contribution is 5.94. The van der Waals surface area contributed by atoms with E-state index >= 15 is 0 Å². The molecule has 0 bridgehead atoms. The fourth-order valence-corrected chi connectivity index (χ4v) is 1.79. The van der Waals surface area contributed by atoms with Crippen LogP contribution in [0.5, 0.6) is 5.75 Å². The molecular formula is C14H17N5O2. The summed E-state index contributed by atoms with van der Waals surface area (Å²) < 4.78 is 5.13. The second-order valence-electron chi connectivity index (χ2n) is 4.45. The van der Waals surface area contributed by atoms with Gasteiger partial charge >= 0.3 is 0 Å². The van der Waals surface area contributed by atoms with Crippen LogP contribution >= 0.6 is 0 Å². The van der Waals surface area contributed by atoms with Crippen molar-refractivity contribution in [2.45, 2.75) is 6.54 Å². The third-order valence-corrected chi connectivity index (χ3v) is 2.98. The van der Waals surface area contributed by atoms with Crippen LogP contribution in [0.2, 0.25) is 0 Å². The standard InChI is InChI=1S/C14H17N5O2/c1-19(9-10-3-5-11(21-2)6-4-10)13-8-16-12(7-17-13)14(15)18-20/h3-8,20H,9H2,1-2H3,(H2,15,18). The lowest BCUT2D eigenvalue weighted by Crippen LogP contribution is -2.20. The zero-order chi connectivity index (χ0) is 15.2. The van der Waals surface area contributed by atoms with E-state index in [1.165, 1.54) is 6.20 Å². The molecule has 0 unspecified atom stereocenters. The third-order valence-electron chi connectivity index (χ3n) is 2.98. The van der Waals surface area contributed by atoms with Gasteiger partial charge in [-0.25, -0.2) is 9.97 Å². The number of nitrogens with zero attached hydrogens (tertiary/aromatic N) is 4. The van der Waals surface area contributed by atoms with Gasteiger partial charge in [0.15, 0.2) is 5.84 Å². The van der Waals surface area contributed by atoms with E-state index in [9.17, 15) is 0 Å². The molecule has 0 saturated heterocycles. The minimum atomic E-state index is -0.0631. The Hall–Kier alpha value is -2.83. The molecule has 1 heterocycles. The highest BCUT2D eigenvalue weighted by Gasteiger charge is 2.07. The quantitative estimate of drug-likeness (QED) is 0.371. The maximum absolute atomic E-state index is 8.58. The molecule has 1 aromatic carbocycles. The van der Waals surface area contributed by atoms with E-state index < -0.39 is 0 Å². The fraction of sp³-hybridized carbons (Fsp3) is 0.214. The predicted octanol–water partition coefficient (Wildman–Crippen LogP) is 1.22. The van der Waals surface area contributed by atoms with Crippen molar-refractivity contribution in [3.05, 3.63) is 47.9 Å². The first kappa shape index (κ1) is 14.6. The average Bonchev–Trinajstić information content (AvgIpc) is 2.55. The van der Waals surface area contributed by atoms with Crippen molar-refractivity contribution in [2.24, 2.45) is 10.9 Å². The van der Waals surface area contributed by atoms with Gasteiger partial charge in [0.05, 0.1) is 19.5 Å². The van der Waals surface area contributed by atoms with Gasteiger partial charge in [-0.2, -0.15) is 0 Å². The van der Waals surface area contributed by atoms with Crippen LogP contribution < -0.4 is 15.4 Å². The van der Waals surface area contributed by atoms with Gasteiger partial charge in [0.2, 0.25) is 0 Å². The molecule has 1 aromatic heterocycles. The maximum atomic E-state index is 8.58. The van der Waals surface area contributed by atoms with Crippen molar-refractivity contribution < 1.29 is 9.94 Å². The molecule has 0 aliphatic carbocycles. The van der Waals surface area contributed by atoms with Crippen LogP contribution in [0, 0.1) is 0 Å². The van der Waals surface area contributed by atoms with Gasteiger partial charge in [-0.1, -0.05) is 17.3 Å². The Morgan fingerprint density at radius 3 is 2.52 bits per heavy atom. The molecule has 7 heteroatoms. The number of hydrogen-bond acceptors (Lipinski definition) is 6. The van der Waals surface area contributed by atoms with Gasteiger partial charge in [0, 0.05) is 13.6 Å². The Labute approximate surface area is 122 Å². The number of aromatic nitrogens is 2. The second kappa shape index (κ2) is 6.56. The van der Waals surface area contributed by atoms with E-state index in [1.807, 2.05) is 36.2 Å². The van der Waals surface area contributed by atoms with Crippen LogP contribution in [0.4, 0.5) is 5.82 Å². The summed E-state index contributed by atoms with van der Waals surface area (Å²) in [6.07, 6.45) is 3.05. The summed E-state index contributed by atoms with van der Waals surface area (Å²) >= 11 is 0. The highest BCUT2D eigenvalue weighted by atomic mass is 16.5. The summed E-state index contributed by atoms with van der Waals surface area (Å²) in [6, 6.07) is 7.81. The number of methoxy groups -OCH3 is 1. The van der Waals surface area contributed by atoms with E-state index in [1.54, 1.807) is 13.3 Å². The maximum Gasteiger partial charge on any atom is 0.190 e. The average molecular weight is 287 g/mol. The molecular weight excluding hydrogens is 270 g/mol. The van der Waals surface area contributed by atoms with Crippen LogP contribution in [0.3, 0.4) is 0 Å². The highest BCUT2D eigenvalue weighted by Crippen LogP contribution is 2.15. The number of oxime groups is 1. The van der Waals surface area contributed by atoms with Gasteiger partial charge < -0.3 is 20.6 Å². The fourth-order valence-electron chi connectivity index (χ4n) is 1.79. The molecule has 0 aliphatic heterocycles. The molecule has 7 nitrogen and oxygen atoms in total. The van der Waals surface area contributed by atoms with E-state index in [0.717, 1.165) is 11.3 Å². The molecule has 0 aliphatic rings. The number of nitrogens with two attached hydrogens (primary N) is 1. The molecule has 0 radical (unpaired) electrons. The first-order chi connectivity index (χ1) is 10.1. The van der Waals surface area contributed by atoms with E-state index in [-0.39, 0.29) is 5.84 Å². The number of rotatable bonds is 5. The molecule has 2 rings (SSSR count). The van der Waals surface area contributed by atoms with Crippen LogP contribution in [0.1, 0.15) is 11.3 Å². The van der Waals surface area contributed by atoms with E-state index in [4.69, 9.17) is 15.7 Å². The lowest BCUT2D eigenvalue weighted by atomic mass is 10.2. The van der Waals surface area contributed by atoms with Crippen molar-refractivity contribution in [3.63, 3.8) is 0 Å². The smallest absolute Gasteiger partial charge is 0.190 e. The Morgan fingerprint density at radius 1 is 1.29 bits per heavy atom. The Morgan fingerprint density at radius 2 is 2.00 bits per heavy atom. The largest absolute Gasteiger partial charge is 0.497 e. The summed E-state index contributed by atoms with van der Waals surface area (Å²) in [5, 5.41) is 11.5. The number of amidine groups is 1. The van der Waals surface area contributed by atoms with Crippen LogP contribution in [0.15, 0.2) is 41.8 Å². The Balaban J connectivity index is 2.07. The number of hydrogen-bond donors (Lipinski definition) is 2. The van der Waals surface area contributed by atoms with Crippen LogP contribution in [-0.2, 0) is 6.54 Å². The topological polar surface area (TPSA) is 96.9 Å². The van der Waals surface area contributed by atoms with Gasteiger partial charge in [0.1, 0.15) is 17.3 Å². The molecule has 0 amide bonds. The number of ether oxygens (including phenoxy) is 1. The molecule has 0 fully saturated rings. The lowest BCUT2D eigenvalue weighted by Gasteiger charge is -2.18. The number of benzene rings is 1. The predicted molar refractivity (Wildman–Crippen MR) is 79.6 cm³/mol. The van der Waals surface area contributed by atoms with Crippen molar-refractivity contribution >= 4 is 11.7 Å². The molecule has 21 heavy (non-hydrogen) atoms. The normalized spacial score (nSPS) is 11.2. The van der Waals surface area contributed by atoms with E-state index in [0.29, 0.717) is 18.1 Å². The zero-order valence-corrected chi connectivity index (χ0v) is 11.9. The van der Waals surface area contributed by atoms with Crippen molar-refractivity contribution in [2.75, 3.05) is 19.1 Å². The summed E-state index contributed by atoms with van der Waals surface area (Å²) in [7, 11) is 3.55. The minimum absolute atomic E-state index is 0.0631. The van der Waals surface area contributed by atoms with Gasteiger partial charge in [-0.05, 0) is 17.7 Å². The SMILES string of the molecule is COc1ccc(CN(C)c2cnc(C(N)=NO)cn2)cc1. The molecule has 0 atom stereocenters. The lowest BCUT2D eigenvalue weighted by molar-refractivity contribution is 0.318. The zero-order valence-electron chi connectivity index (χ0n) is 11.9. The van der Waals surface area contributed by atoms with Gasteiger partial charge in [-0.3, -0.25) is 0 Å². The van der Waals surface area contributed by atoms with Gasteiger partial charge in [-0.15, -0.1) is 0 Å². The Kier molecular flexibility index (Phi) is 4.55. The van der Waals surface area contributed by atoms with Gasteiger partial charge in [0.25, 0.3) is 0 Å². The van der Waals surface area contributed by atoms with Crippen molar-refractivity contribution in [3.8, 4) is 5.75 Å². The van der Waals surface area contributed by atoms with Crippen molar-refractivity contribution in [1.82, 2.24) is 9.97 Å². The van der Waals surface area contributed by atoms with Crippen molar-refractivity contribution in [1.29, 1.82) is 0 Å². The third kappa shape index (κ3) is 3.59. The molecule has 110 valence electrons. The second-order valence-corrected chi connectivity index (χ2v) is 4.45. The molecule has 3 N–H and O–H groups in total. The molecule has 0 spiro atoms. The summed E-state index contributed by atoms with van der Waals surface area (Å²) in [5.41, 5.74) is 6.90. The first-order valence-electron chi connectivity index (χ1n) is 6.28. The van der Waals surface area contributed by atoms with Crippen LogP contribution in [-0.4, -0.2) is 35.2 Å². The summed E-state index contributed by atoms with van der Waals surface area (Å²) in [4.78, 5) is 10.3. The van der Waals surface area contributed by atoms with E-state index in [2.05, 4.69) is 15.1 Å². The monoisotopic (exact) mass is 287 g/mol. The molecule has 0 saturated carbocycles. The minimum Gasteiger partial charge on any atom is -0.497 e. The summed E-state index contributed by atoms with van der Waals surface area (Å²) in [5.74, 6) is 1.46. The number of anilines is 1. The molecule has 2 aromatic rings. The first-order valence-corrected chi connectivity index (χ1v) is 6.28. The summed E-state index contributed by atoms with van der Waals surface area (Å²) in [6.45, 7) is 0.682. The van der Waals surface area contributed by atoms with Crippen LogP contribution in [0.25, 0.3) is 0 Å².